The third kappa shape index (κ3) is 4.28. The first-order valence-electron chi connectivity index (χ1n) is 9.50. The van der Waals surface area contributed by atoms with Crippen molar-refractivity contribution in [1.82, 2.24) is 14.9 Å². The van der Waals surface area contributed by atoms with E-state index >= 15 is 0 Å². The van der Waals surface area contributed by atoms with Gasteiger partial charge >= 0.3 is 0 Å². The number of rotatable bonds is 6. The number of nitrogens with one attached hydrogen (secondary N) is 1. The first-order chi connectivity index (χ1) is 13.3. The van der Waals surface area contributed by atoms with E-state index in [2.05, 4.69) is 40.2 Å². The van der Waals surface area contributed by atoms with E-state index < -0.39 is 0 Å². The second-order valence-corrected chi connectivity index (χ2v) is 6.66. The summed E-state index contributed by atoms with van der Waals surface area (Å²) in [6.45, 7) is 7.97. The number of anilines is 2. The highest BCUT2D eigenvalue weighted by Crippen LogP contribution is 2.24. The van der Waals surface area contributed by atoms with Crippen LogP contribution < -0.4 is 10.2 Å². The Morgan fingerprint density at radius 2 is 1.81 bits per heavy atom. The summed E-state index contributed by atoms with van der Waals surface area (Å²) in [6, 6.07) is 16.2. The van der Waals surface area contributed by atoms with Crippen molar-refractivity contribution in [2.24, 2.45) is 0 Å². The SMILES string of the molecule is CCN1CCN(c2cc(-c3ccccc3)nc(NCc3ccco3)n2)CC1. The Kier molecular flexibility index (Phi) is 5.34. The van der Waals surface area contributed by atoms with Crippen LogP contribution in [0.3, 0.4) is 0 Å². The molecule has 0 unspecified atom stereocenters. The number of furan rings is 1. The number of benzene rings is 1. The molecule has 0 spiro atoms. The van der Waals surface area contributed by atoms with Gasteiger partial charge in [-0.05, 0) is 18.7 Å². The Hall–Kier alpha value is -2.86. The molecule has 0 amide bonds. The lowest BCUT2D eigenvalue weighted by molar-refractivity contribution is 0.270. The van der Waals surface area contributed by atoms with Gasteiger partial charge in [0.05, 0.1) is 18.5 Å². The van der Waals surface area contributed by atoms with E-state index in [0.717, 1.165) is 55.6 Å². The molecule has 0 saturated carbocycles. The summed E-state index contributed by atoms with van der Waals surface area (Å²) in [7, 11) is 0. The normalized spacial score (nSPS) is 15.1. The molecular weight excluding hydrogens is 338 g/mol. The zero-order valence-electron chi connectivity index (χ0n) is 15.6. The van der Waals surface area contributed by atoms with Gasteiger partial charge in [-0.15, -0.1) is 0 Å². The second-order valence-electron chi connectivity index (χ2n) is 6.66. The van der Waals surface area contributed by atoms with Crippen LogP contribution >= 0.6 is 0 Å². The van der Waals surface area contributed by atoms with Gasteiger partial charge in [0.1, 0.15) is 11.6 Å². The van der Waals surface area contributed by atoms with Crippen LogP contribution in [0.25, 0.3) is 11.3 Å². The molecule has 0 aliphatic carbocycles. The van der Waals surface area contributed by atoms with Crippen molar-refractivity contribution < 1.29 is 4.42 Å². The maximum atomic E-state index is 5.41. The van der Waals surface area contributed by atoms with Crippen LogP contribution in [0, 0.1) is 0 Å². The van der Waals surface area contributed by atoms with Gasteiger partial charge in [-0.2, -0.15) is 4.98 Å². The fourth-order valence-electron chi connectivity index (χ4n) is 3.30. The third-order valence-corrected chi connectivity index (χ3v) is 4.93. The summed E-state index contributed by atoms with van der Waals surface area (Å²) in [4.78, 5) is 14.3. The van der Waals surface area contributed by atoms with Crippen LogP contribution in [0.5, 0.6) is 0 Å². The Morgan fingerprint density at radius 1 is 1.00 bits per heavy atom. The number of hydrogen-bond acceptors (Lipinski definition) is 6. The maximum absolute atomic E-state index is 5.41. The van der Waals surface area contributed by atoms with Gasteiger partial charge in [0.15, 0.2) is 0 Å². The van der Waals surface area contributed by atoms with Crippen LogP contribution in [0.1, 0.15) is 12.7 Å². The fourth-order valence-corrected chi connectivity index (χ4v) is 3.30. The van der Waals surface area contributed by atoms with E-state index in [1.807, 2.05) is 30.3 Å². The van der Waals surface area contributed by atoms with Crippen molar-refractivity contribution in [2.75, 3.05) is 42.9 Å². The van der Waals surface area contributed by atoms with E-state index in [4.69, 9.17) is 14.4 Å². The molecule has 0 bridgehead atoms. The topological polar surface area (TPSA) is 57.4 Å². The lowest BCUT2D eigenvalue weighted by Crippen LogP contribution is -2.46. The monoisotopic (exact) mass is 363 g/mol. The van der Waals surface area contributed by atoms with Gasteiger partial charge in [0, 0.05) is 37.8 Å². The molecule has 27 heavy (non-hydrogen) atoms. The van der Waals surface area contributed by atoms with Crippen molar-refractivity contribution >= 4 is 11.8 Å². The molecule has 0 radical (unpaired) electrons. The first-order valence-corrected chi connectivity index (χ1v) is 9.50. The molecule has 3 heterocycles. The summed E-state index contributed by atoms with van der Waals surface area (Å²) < 4.78 is 5.41. The Bertz CT molecular complexity index is 842. The molecule has 1 aliphatic rings. The minimum Gasteiger partial charge on any atom is -0.467 e. The molecule has 4 rings (SSSR count). The standard InChI is InChI=1S/C21H25N5O/c1-2-25-10-12-26(13-11-25)20-15-19(17-7-4-3-5-8-17)23-21(24-20)22-16-18-9-6-14-27-18/h3-9,14-15H,2,10-13,16H2,1H3,(H,22,23,24). The van der Waals surface area contributed by atoms with Gasteiger partial charge in [0.2, 0.25) is 5.95 Å². The zero-order chi connectivity index (χ0) is 18.5. The summed E-state index contributed by atoms with van der Waals surface area (Å²) >= 11 is 0. The largest absolute Gasteiger partial charge is 0.467 e. The summed E-state index contributed by atoms with van der Waals surface area (Å²) in [5, 5.41) is 3.30. The second kappa shape index (κ2) is 8.22. The highest BCUT2D eigenvalue weighted by molar-refractivity contribution is 5.64. The fraction of sp³-hybridized carbons (Fsp3) is 0.333. The highest BCUT2D eigenvalue weighted by atomic mass is 16.3. The third-order valence-electron chi connectivity index (χ3n) is 4.93. The maximum Gasteiger partial charge on any atom is 0.225 e. The number of piperazine rings is 1. The molecule has 1 fully saturated rings. The molecule has 2 aromatic heterocycles. The van der Waals surface area contributed by atoms with Crippen LogP contribution in [0.4, 0.5) is 11.8 Å². The lowest BCUT2D eigenvalue weighted by atomic mass is 10.1. The van der Waals surface area contributed by atoms with Crippen LogP contribution in [-0.2, 0) is 6.54 Å². The van der Waals surface area contributed by atoms with Gasteiger partial charge in [-0.25, -0.2) is 4.98 Å². The molecule has 6 heteroatoms. The molecule has 140 valence electrons. The Labute approximate surface area is 159 Å². The van der Waals surface area contributed by atoms with Crippen molar-refractivity contribution in [3.05, 3.63) is 60.6 Å². The average Bonchev–Trinajstić information content (AvgIpc) is 3.26. The Morgan fingerprint density at radius 3 is 2.52 bits per heavy atom. The van der Waals surface area contributed by atoms with Crippen molar-refractivity contribution in [2.45, 2.75) is 13.5 Å². The summed E-state index contributed by atoms with van der Waals surface area (Å²) in [5.74, 6) is 2.46. The average molecular weight is 363 g/mol. The lowest BCUT2D eigenvalue weighted by Gasteiger charge is -2.35. The smallest absolute Gasteiger partial charge is 0.225 e. The van der Waals surface area contributed by atoms with Crippen molar-refractivity contribution in [3.8, 4) is 11.3 Å². The molecule has 1 aliphatic heterocycles. The predicted molar refractivity (Wildman–Crippen MR) is 108 cm³/mol. The van der Waals surface area contributed by atoms with Crippen LogP contribution in [-0.4, -0.2) is 47.6 Å². The summed E-state index contributed by atoms with van der Waals surface area (Å²) in [6.07, 6.45) is 1.68. The van der Waals surface area contributed by atoms with E-state index in [0.29, 0.717) is 12.5 Å². The summed E-state index contributed by atoms with van der Waals surface area (Å²) in [5.41, 5.74) is 2.02. The van der Waals surface area contributed by atoms with Gasteiger partial charge in [-0.1, -0.05) is 37.3 Å². The van der Waals surface area contributed by atoms with E-state index in [-0.39, 0.29) is 0 Å². The molecular formula is C21H25N5O. The molecule has 1 saturated heterocycles. The quantitative estimate of drug-likeness (QED) is 0.723. The van der Waals surface area contributed by atoms with Crippen molar-refractivity contribution in [3.63, 3.8) is 0 Å². The highest BCUT2D eigenvalue weighted by Gasteiger charge is 2.18. The van der Waals surface area contributed by atoms with Gasteiger partial charge in [0.25, 0.3) is 0 Å². The number of hydrogen-bond donors (Lipinski definition) is 1. The minimum atomic E-state index is 0.564. The molecule has 1 N–H and O–H groups in total. The van der Waals surface area contributed by atoms with Gasteiger partial charge < -0.3 is 19.5 Å². The molecule has 6 nitrogen and oxygen atoms in total. The van der Waals surface area contributed by atoms with Crippen LogP contribution in [0.15, 0.2) is 59.2 Å². The van der Waals surface area contributed by atoms with E-state index in [1.54, 1.807) is 6.26 Å². The number of likely N-dealkylation sites (N-methyl/N-ethyl adjacent to an activating group) is 1. The first kappa shape index (κ1) is 17.5. The van der Waals surface area contributed by atoms with E-state index in [1.165, 1.54) is 0 Å². The predicted octanol–water partition coefficient (Wildman–Crippen LogP) is 3.49. The van der Waals surface area contributed by atoms with Gasteiger partial charge in [-0.3, -0.25) is 0 Å². The molecule has 3 aromatic rings. The van der Waals surface area contributed by atoms with Crippen LogP contribution in [0.2, 0.25) is 0 Å². The Balaban J connectivity index is 1.60. The molecule has 0 atom stereocenters. The van der Waals surface area contributed by atoms with Crippen molar-refractivity contribution in [1.29, 1.82) is 0 Å². The number of aromatic nitrogens is 2. The van der Waals surface area contributed by atoms with E-state index in [9.17, 15) is 0 Å². The zero-order valence-corrected chi connectivity index (χ0v) is 15.6. The minimum absolute atomic E-state index is 0.564. The number of nitrogens with zero attached hydrogens (tertiary/aromatic N) is 4. The molecule has 1 aromatic carbocycles.